The van der Waals surface area contributed by atoms with Gasteiger partial charge in [-0.25, -0.2) is 0 Å². The highest BCUT2D eigenvalue weighted by Gasteiger charge is 2.11. The van der Waals surface area contributed by atoms with Crippen LogP contribution in [0.4, 0.5) is 0 Å². The van der Waals surface area contributed by atoms with Crippen LogP contribution in [0.25, 0.3) is 0 Å². The van der Waals surface area contributed by atoms with Crippen LogP contribution in [0.15, 0.2) is 59.2 Å². The van der Waals surface area contributed by atoms with Crippen LogP contribution in [-0.4, -0.2) is 18.0 Å². The molecule has 0 unspecified atom stereocenters. The summed E-state index contributed by atoms with van der Waals surface area (Å²) in [6.45, 7) is 8.63. The number of rotatable bonds is 10. The van der Waals surface area contributed by atoms with E-state index in [0.29, 0.717) is 17.1 Å². The highest BCUT2D eigenvalue weighted by Crippen LogP contribution is 2.23. The number of para-hydroxylation sites is 1. The van der Waals surface area contributed by atoms with Gasteiger partial charge in [-0.15, -0.1) is 0 Å². The van der Waals surface area contributed by atoms with Gasteiger partial charge < -0.3 is 4.74 Å². The second-order valence-corrected chi connectivity index (χ2v) is 7.75. The van der Waals surface area contributed by atoms with Crippen LogP contribution >= 0.6 is 11.8 Å². The molecule has 26 heavy (non-hydrogen) atoms. The predicted molar refractivity (Wildman–Crippen MR) is 115 cm³/mol. The number of benzene rings is 1. The van der Waals surface area contributed by atoms with E-state index in [1.165, 1.54) is 28.5 Å². The molecule has 0 radical (unpaired) electrons. The lowest BCUT2D eigenvalue weighted by atomic mass is 10.1. The zero-order valence-electron chi connectivity index (χ0n) is 16.8. The van der Waals surface area contributed by atoms with Crippen molar-refractivity contribution >= 4 is 16.9 Å². The molecule has 0 N–H and O–H groups in total. The molecule has 1 aromatic carbocycles. The molecule has 142 valence electrons. The molecule has 0 saturated carbocycles. The van der Waals surface area contributed by atoms with E-state index < -0.39 is 0 Å². The van der Waals surface area contributed by atoms with Gasteiger partial charge in [0.25, 0.3) is 0 Å². The van der Waals surface area contributed by atoms with E-state index in [1.54, 1.807) is 7.11 Å². The van der Waals surface area contributed by atoms with E-state index in [0.717, 1.165) is 25.7 Å². The van der Waals surface area contributed by atoms with Crippen LogP contribution in [0, 0.1) is 0 Å². The summed E-state index contributed by atoms with van der Waals surface area (Å²) in [4.78, 5) is 12.3. The van der Waals surface area contributed by atoms with Gasteiger partial charge in [-0.3, -0.25) is 4.79 Å². The Morgan fingerprint density at radius 3 is 2.23 bits per heavy atom. The highest BCUT2D eigenvalue weighted by atomic mass is 32.2. The van der Waals surface area contributed by atoms with Gasteiger partial charge in [-0.1, -0.05) is 58.8 Å². The summed E-state index contributed by atoms with van der Waals surface area (Å²) in [5, 5.41) is 0.0570. The smallest absolute Gasteiger partial charge is 0.223 e. The molecule has 3 heteroatoms. The standard InChI is InChI=1S/C23H32O2S/c1-18(2)10-8-11-19(3)12-9-13-20(4)16-17-26-23(24)21-14-6-7-15-22(21)25-5/h6-7,10,12,14-16H,8-9,11,13,17H2,1-5H3. The van der Waals surface area contributed by atoms with Crippen LogP contribution in [0.2, 0.25) is 0 Å². The van der Waals surface area contributed by atoms with E-state index in [4.69, 9.17) is 4.74 Å². The van der Waals surface area contributed by atoms with Crippen molar-refractivity contribution in [3.8, 4) is 5.75 Å². The molecule has 2 nitrogen and oxygen atoms in total. The number of thioether (sulfide) groups is 1. The van der Waals surface area contributed by atoms with Gasteiger partial charge in [0.15, 0.2) is 0 Å². The summed E-state index contributed by atoms with van der Waals surface area (Å²) in [5.41, 5.74) is 4.81. The number of methoxy groups -OCH3 is 1. The van der Waals surface area contributed by atoms with E-state index in [2.05, 4.69) is 45.9 Å². The monoisotopic (exact) mass is 372 g/mol. The molecule has 0 aliphatic heterocycles. The summed E-state index contributed by atoms with van der Waals surface area (Å²) >= 11 is 1.32. The average Bonchev–Trinajstić information content (AvgIpc) is 2.61. The second kappa shape index (κ2) is 12.6. The predicted octanol–water partition coefficient (Wildman–Crippen LogP) is 6.99. The molecule has 0 atom stereocenters. The molecule has 0 spiro atoms. The Hall–Kier alpha value is -1.74. The first-order valence-corrected chi connectivity index (χ1v) is 10.2. The Morgan fingerprint density at radius 2 is 1.58 bits per heavy atom. The number of allylic oxidation sites excluding steroid dienone is 5. The number of carbonyl (C=O) groups excluding carboxylic acids is 1. The maximum absolute atomic E-state index is 12.3. The van der Waals surface area contributed by atoms with Crippen LogP contribution in [0.5, 0.6) is 5.75 Å². The van der Waals surface area contributed by atoms with Gasteiger partial charge in [-0.05, 0) is 65.5 Å². The summed E-state index contributed by atoms with van der Waals surface area (Å²) < 4.78 is 5.25. The number of ether oxygens (including phenoxy) is 1. The third-order valence-electron chi connectivity index (χ3n) is 4.10. The Labute approximate surface area is 163 Å². The lowest BCUT2D eigenvalue weighted by Crippen LogP contribution is -1.98. The Morgan fingerprint density at radius 1 is 0.962 bits per heavy atom. The number of hydrogen-bond donors (Lipinski definition) is 0. The Balaban J connectivity index is 2.37. The van der Waals surface area contributed by atoms with Crippen LogP contribution in [-0.2, 0) is 0 Å². The largest absolute Gasteiger partial charge is 0.496 e. The average molecular weight is 373 g/mol. The van der Waals surface area contributed by atoms with Crippen LogP contribution < -0.4 is 4.74 Å². The zero-order valence-corrected chi connectivity index (χ0v) is 17.6. The lowest BCUT2D eigenvalue weighted by molar-refractivity contribution is 0.108. The first kappa shape index (κ1) is 22.3. The molecule has 0 fully saturated rings. The van der Waals surface area contributed by atoms with Crippen molar-refractivity contribution in [3.05, 3.63) is 64.8 Å². The molecule has 0 saturated heterocycles. The first-order chi connectivity index (χ1) is 12.4. The minimum Gasteiger partial charge on any atom is -0.496 e. The first-order valence-electron chi connectivity index (χ1n) is 9.18. The molecule has 0 heterocycles. The molecule has 0 amide bonds. The van der Waals surface area contributed by atoms with Gasteiger partial charge in [-0.2, -0.15) is 0 Å². The zero-order chi connectivity index (χ0) is 19.4. The fourth-order valence-electron chi connectivity index (χ4n) is 2.49. The summed E-state index contributed by atoms with van der Waals surface area (Å²) in [6, 6.07) is 7.37. The fourth-order valence-corrected chi connectivity index (χ4v) is 3.33. The minimum absolute atomic E-state index is 0.0570. The molecule has 0 aliphatic rings. The summed E-state index contributed by atoms with van der Waals surface area (Å²) in [7, 11) is 1.59. The molecule has 1 aromatic rings. The lowest BCUT2D eigenvalue weighted by Gasteiger charge is -2.06. The van der Waals surface area contributed by atoms with Crippen molar-refractivity contribution in [3.63, 3.8) is 0 Å². The molecule has 0 bridgehead atoms. The van der Waals surface area contributed by atoms with Crippen LogP contribution in [0.1, 0.15) is 63.7 Å². The van der Waals surface area contributed by atoms with Crippen molar-refractivity contribution in [2.24, 2.45) is 0 Å². The maximum atomic E-state index is 12.3. The summed E-state index contributed by atoms with van der Waals surface area (Å²) in [6.07, 6.45) is 11.2. The normalized spacial score (nSPS) is 12.0. The quantitative estimate of drug-likeness (QED) is 0.414. The molecular weight excluding hydrogens is 340 g/mol. The summed E-state index contributed by atoms with van der Waals surface area (Å²) in [5.74, 6) is 1.34. The van der Waals surface area contributed by atoms with Gasteiger partial charge >= 0.3 is 0 Å². The molecule has 1 rings (SSSR count). The number of hydrogen-bond acceptors (Lipinski definition) is 3. The van der Waals surface area contributed by atoms with Crippen molar-refractivity contribution in [2.75, 3.05) is 12.9 Å². The Bertz CT molecular complexity index is 665. The fraction of sp³-hybridized carbons (Fsp3) is 0.435. The third kappa shape index (κ3) is 9.10. The molecule has 0 aliphatic carbocycles. The van der Waals surface area contributed by atoms with E-state index in [1.807, 2.05) is 24.3 Å². The molecular formula is C23H32O2S. The maximum Gasteiger partial charge on any atom is 0.223 e. The number of carbonyl (C=O) groups is 1. The van der Waals surface area contributed by atoms with Crippen LogP contribution in [0.3, 0.4) is 0 Å². The van der Waals surface area contributed by atoms with E-state index in [-0.39, 0.29) is 5.12 Å². The van der Waals surface area contributed by atoms with E-state index in [9.17, 15) is 4.79 Å². The van der Waals surface area contributed by atoms with Crippen molar-refractivity contribution < 1.29 is 9.53 Å². The van der Waals surface area contributed by atoms with Gasteiger partial charge in [0.1, 0.15) is 5.75 Å². The van der Waals surface area contributed by atoms with Crippen molar-refractivity contribution in [1.82, 2.24) is 0 Å². The van der Waals surface area contributed by atoms with Crippen molar-refractivity contribution in [1.29, 1.82) is 0 Å². The topological polar surface area (TPSA) is 26.3 Å². The Kier molecular flexibility index (Phi) is 10.8. The van der Waals surface area contributed by atoms with Gasteiger partial charge in [0, 0.05) is 5.75 Å². The minimum atomic E-state index is 0.0570. The molecule has 0 aromatic heterocycles. The third-order valence-corrected chi connectivity index (χ3v) is 4.91. The van der Waals surface area contributed by atoms with Gasteiger partial charge in [0.2, 0.25) is 5.12 Å². The van der Waals surface area contributed by atoms with Crippen molar-refractivity contribution in [2.45, 2.75) is 53.4 Å². The van der Waals surface area contributed by atoms with E-state index >= 15 is 0 Å². The highest BCUT2D eigenvalue weighted by molar-refractivity contribution is 8.14. The SMILES string of the molecule is COc1ccccc1C(=O)SCC=C(C)CCC=C(C)CCC=C(C)C. The second-order valence-electron chi connectivity index (χ2n) is 6.76. The van der Waals surface area contributed by atoms with Gasteiger partial charge in [0.05, 0.1) is 12.7 Å².